The Balaban J connectivity index is 1.33. The highest BCUT2D eigenvalue weighted by atomic mass is 79.9. The number of hydrogen-bond acceptors (Lipinski definition) is 1. The molecule has 36 heavy (non-hydrogen) atoms. The van der Waals surface area contributed by atoms with Crippen LogP contribution in [-0.4, -0.2) is 0 Å². The first-order valence-electron chi connectivity index (χ1n) is 12.0. The van der Waals surface area contributed by atoms with Gasteiger partial charge in [0.1, 0.15) is 0 Å². The molecule has 0 fully saturated rings. The van der Waals surface area contributed by atoms with Crippen molar-refractivity contribution in [2.75, 3.05) is 5.73 Å². The number of benzene rings is 6. The lowest BCUT2D eigenvalue weighted by Gasteiger charge is -2.14. The molecule has 0 aliphatic rings. The SMILES string of the molecule is Nc1cccc(-c2ccc(Br)cc2)c1-c1ccc(-c2ccc(-c3cccc4ccccc34)cc2)cc1. The van der Waals surface area contributed by atoms with Gasteiger partial charge in [0, 0.05) is 15.7 Å². The van der Waals surface area contributed by atoms with Crippen LogP contribution in [-0.2, 0) is 0 Å². The van der Waals surface area contributed by atoms with Crippen LogP contribution in [0.15, 0.2) is 138 Å². The van der Waals surface area contributed by atoms with Gasteiger partial charge in [-0.2, -0.15) is 0 Å². The Bertz CT molecular complexity index is 1660. The molecular formula is C34H24BrN. The molecule has 1 nitrogen and oxygen atoms in total. The van der Waals surface area contributed by atoms with Crippen molar-refractivity contribution in [1.29, 1.82) is 0 Å². The van der Waals surface area contributed by atoms with E-state index >= 15 is 0 Å². The molecular weight excluding hydrogens is 502 g/mol. The summed E-state index contributed by atoms with van der Waals surface area (Å²) in [6.45, 7) is 0. The van der Waals surface area contributed by atoms with E-state index < -0.39 is 0 Å². The molecule has 6 rings (SSSR count). The van der Waals surface area contributed by atoms with Crippen LogP contribution in [0.2, 0.25) is 0 Å². The quantitative estimate of drug-likeness (QED) is 0.227. The zero-order valence-electron chi connectivity index (χ0n) is 19.7. The average molecular weight is 526 g/mol. The monoisotopic (exact) mass is 525 g/mol. The predicted octanol–water partition coefficient (Wildman–Crippen LogP) is 9.85. The van der Waals surface area contributed by atoms with Gasteiger partial charge in [-0.15, -0.1) is 0 Å². The first-order valence-corrected chi connectivity index (χ1v) is 12.8. The van der Waals surface area contributed by atoms with Crippen molar-refractivity contribution in [3.63, 3.8) is 0 Å². The molecule has 172 valence electrons. The third kappa shape index (κ3) is 4.21. The molecule has 0 saturated carbocycles. The van der Waals surface area contributed by atoms with E-state index in [2.05, 4.69) is 137 Å². The Morgan fingerprint density at radius 1 is 0.417 bits per heavy atom. The van der Waals surface area contributed by atoms with Crippen molar-refractivity contribution in [3.05, 3.63) is 138 Å². The maximum atomic E-state index is 6.47. The molecule has 0 aliphatic heterocycles. The average Bonchev–Trinajstić information content (AvgIpc) is 2.93. The lowest BCUT2D eigenvalue weighted by atomic mass is 9.91. The molecule has 0 aromatic heterocycles. The van der Waals surface area contributed by atoms with Crippen LogP contribution in [0.25, 0.3) is 55.3 Å². The van der Waals surface area contributed by atoms with Gasteiger partial charge in [0.05, 0.1) is 0 Å². The molecule has 0 unspecified atom stereocenters. The Morgan fingerprint density at radius 3 is 1.64 bits per heavy atom. The van der Waals surface area contributed by atoms with E-state index in [1.807, 2.05) is 12.1 Å². The third-order valence-corrected chi connectivity index (χ3v) is 7.27. The normalized spacial score (nSPS) is 11.0. The lowest BCUT2D eigenvalue weighted by Crippen LogP contribution is -1.93. The summed E-state index contributed by atoms with van der Waals surface area (Å²) < 4.78 is 1.06. The number of hydrogen-bond donors (Lipinski definition) is 1. The van der Waals surface area contributed by atoms with Crippen molar-refractivity contribution in [1.82, 2.24) is 0 Å². The highest BCUT2D eigenvalue weighted by Gasteiger charge is 2.12. The molecule has 0 aliphatic carbocycles. The van der Waals surface area contributed by atoms with Crippen LogP contribution >= 0.6 is 15.9 Å². The molecule has 0 saturated heterocycles. The van der Waals surface area contributed by atoms with E-state index in [0.29, 0.717) is 0 Å². The Labute approximate surface area is 220 Å². The minimum absolute atomic E-state index is 0.780. The second-order valence-electron chi connectivity index (χ2n) is 8.96. The Morgan fingerprint density at radius 2 is 0.917 bits per heavy atom. The van der Waals surface area contributed by atoms with Crippen LogP contribution in [0.4, 0.5) is 5.69 Å². The number of fused-ring (bicyclic) bond motifs is 1. The van der Waals surface area contributed by atoms with Gasteiger partial charge >= 0.3 is 0 Å². The fraction of sp³-hybridized carbons (Fsp3) is 0. The second kappa shape index (κ2) is 9.49. The minimum atomic E-state index is 0.780. The van der Waals surface area contributed by atoms with E-state index in [1.54, 1.807) is 0 Å². The summed E-state index contributed by atoms with van der Waals surface area (Å²) >= 11 is 3.53. The van der Waals surface area contributed by atoms with Gasteiger partial charge in [-0.05, 0) is 67.9 Å². The topological polar surface area (TPSA) is 26.0 Å². The van der Waals surface area contributed by atoms with Crippen LogP contribution in [0, 0.1) is 0 Å². The number of anilines is 1. The number of rotatable bonds is 4. The van der Waals surface area contributed by atoms with Gasteiger partial charge in [-0.1, -0.05) is 131 Å². The van der Waals surface area contributed by atoms with Crippen LogP contribution < -0.4 is 5.73 Å². The maximum Gasteiger partial charge on any atom is 0.0400 e. The van der Waals surface area contributed by atoms with E-state index in [9.17, 15) is 0 Å². The highest BCUT2D eigenvalue weighted by Crippen LogP contribution is 2.38. The second-order valence-corrected chi connectivity index (χ2v) is 9.87. The molecule has 2 N–H and O–H groups in total. The van der Waals surface area contributed by atoms with Crippen molar-refractivity contribution in [3.8, 4) is 44.5 Å². The van der Waals surface area contributed by atoms with Crippen molar-refractivity contribution >= 4 is 32.4 Å². The third-order valence-electron chi connectivity index (χ3n) is 6.74. The summed E-state index contributed by atoms with van der Waals surface area (Å²) in [7, 11) is 0. The molecule has 0 spiro atoms. The van der Waals surface area contributed by atoms with Crippen molar-refractivity contribution in [2.24, 2.45) is 0 Å². The van der Waals surface area contributed by atoms with Gasteiger partial charge in [0.2, 0.25) is 0 Å². The molecule has 6 aromatic rings. The summed E-state index contributed by atoms with van der Waals surface area (Å²) in [5.74, 6) is 0. The predicted molar refractivity (Wildman–Crippen MR) is 158 cm³/mol. The minimum Gasteiger partial charge on any atom is -0.398 e. The van der Waals surface area contributed by atoms with Crippen molar-refractivity contribution in [2.45, 2.75) is 0 Å². The fourth-order valence-electron chi connectivity index (χ4n) is 4.91. The van der Waals surface area contributed by atoms with Crippen LogP contribution in [0.1, 0.15) is 0 Å². The summed E-state index contributed by atoms with van der Waals surface area (Å²) in [6.07, 6.45) is 0. The number of nitrogen functional groups attached to an aromatic ring is 1. The number of nitrogens with two attached hydrogens (primary N) is 1. The van der Waals surface area contributed by atoms with Gasteiger partial charge in [-0.3, -0.25) is 0 Å². The summed E-state index contributed by atoms with van der Waals surface area (Å²) in [4.78, 5) is 0. The lowest BCUT2D eigenvalue weighted by molar-refractivity contribution is 1.55. The largest absolute Gasteiger partial charge is 0.398 e. The molecule has 2 heteroatoms. The van der Waals surface area contributed by atoms with E-state index in [4.69, 9.17) is 5.73 Å². The van der Waals surface area contributed by atoms with E-state index in [0.717, 1.165) is 32.4 Å². The van der Waals surface area contributed by atoms with Crippen molar-refractivity contribution < 1.29 is 0 Å². The zero-order chi connectivity index (χ0) is 24.5. The van der Waals surface area contributed by atoms with E-state index in [1.165, 1.54) is 33.0 Å². The number of halogens is 1. The Kier molecular flexibility index (Phi) is 5.88. The van der Waals surface area contributed by atoms with Gasteiger partial charge in [0.25, 0.3) is 0 Å². The van der Waals surface area contributed by atoms with Gasteiger partial charge in [-0.25, -0.2) is 0 Å². The molecule has 0 heterocycles. The molecule has 0 radical (unpaired) electrons. The van der Waals surface area contributed by atoms with E-state index in [-0.39, 0.29) is 0 Å². The maximum absolute atomic E-state index is 6.47. The highest BCUT2D eigenvalue weighted by molar-refractivity contribution is 9.10. The molecule has 0 bridgehead atoms. The fourth-order valence-corrected chi connectivity index (χ4v) is 5.18. The Hall–Kier alpha value is -4.14. The zero-order valence-corrected chi connectivity index (χ0v) is 21.2. The summed E-state index contributed by atoms with van der Waals surface area (Å²) in [6, 6.07) is 47.0. The van der Waals surface area contributed by atoms with Crippen LogP contribution in [0.5, 0.6) is 0 Å². The van der Waals surface area contributed by atoms with Gasteiger partial charge < -0.3 is 5.73 Å². The molecule has 0 amide bonds. The standard InChI is InChI=1S/C34H24BrN/c35-29-21-19-27(20-22-29)32-9-4-10-33(36)34(32)28-17-13-24(14-18-28)23-11-15-26(16-12-23)31-8-3-6-25-5-1-2-7-30(25)31/h1-22H,36H2. The van der Waals surface area contributed by atoms with Crippen LogP contribution in [0.3, 0.4) is 0 Å². The summed E-state index contributed by atoms with van der Waals surface area (Å²) in [5, 5.41) is 2.54. The smallest absolute Gasteiger partial charge is 0.0400 e. The molecule has 0 atom stereocenters. The first kappa shape index (κ1) is 22.3. The molecule has 6 aromatic carbocycles. The summed E-state index contributed by atoms with van der Waals surface area (Å²) in [5.41, 5.74) is 16.6. The first-order chi connectivity index (χ1) is 17.7. The van der Waals surface area contributed by atoms with Gasteiger partial charge in [0.15, 0.2) is 0 Å².